The van der Waals surface area contributed by atoms with E-state index in [0.29, 0.717) is 24.3 Å². The van der Waals surface area contributed by atoms with Crippen LogP contribution in [0.4, 0.5) is 0 Å². The van der Waals surface area contributed by atoms with Crippen molar-refractivity contribution in [3.63, 3.8) is 0 Å². The first-order valence-corrected chi connectivity index (χ1v) is 8.60. The third kappa shape index (κ3) is 2.71. The largest absolute Gasteiger partial charge is 0.350 e. The molecule has 2 aliphatic heterocycles. The van der Waals surface area contributed by atoms with E-state index in [-0.39, 0.29) is 11.8 Å². The van der Waals surface area contributed by atoms with Crippen molar-refractivity contribution in [3.05, 3.63) is 47.3 Å². The molecule has 1 amide bonds. The lowest BCUT2D eigenvalue weighted by Crippen LogP contribution is -2.37. The maximum atomic E-state index is 12.8. The number of carbonyl (C=O) groups excluding carboxylic acids is 1. The number of benzene rings is 1. The minimum Gasteiger partial charge on any atom is -0.350 e. The molecule has 0 spiro atoms. The summed E-state index contributed by atoms with van der Waals surface area (Å²) in [5.74, 6) is 0.158. The molecule has 2 fully saturated rings. The van der Waals surface area contributed by atoms with Crippen molar-refractivity contribution in [3.8, 4) is 0 Å². The summed E-state index contributed by atoms with van der Waals surface area (Å²) in [6, 6.07) is 11.2. The van der Waals surface area contributed by atoms with Crippen molar-refractivity contribution in [2.24, 2.45) is 5.92 Å². The van der Waals surface area contributed by atoms with Crippen molar-refractivity contribution < 1.29 is 9.42 Å². The van der Waals surface area contributed by atoms with Crippen LogP contribution >= 0.6 is 0 Å². The zero-order valence-corrected chi connectivity index (χ0v) is 13.8. The van der Waals surface area contributed by atoms with E-state index in [1.807, 2.05) is 13.0 Å². The van der Waals surface area contributed by atoms with Gasteiger partial charge in [-0.25, -0.2) is 4.63 Å². The van der Waals surface area contributed by atoms with Gasteiger partial charge in [-0.1, -0.05) is 40.6 Å². The highest BCUT2D eigenvalue weighted by atomic mass is 16.6. The van der Waals surface area contributed by atoms with E-state index in [1.54, 1.807) is 0 Å². The molecule has 24 heavy (non-hydrogen) atoms. The lowest BCUT2D eigenvalue weighted by atomic mass is 9.93. The van der Waals surface area contributed by atoms with E-state index < -0.39 is 0 Å². The fourth-order valence-electron chi connectivity index (χ4n) is 4.16. The molecule has 0 saturated carbocycles. The van der Waals surface area contributed by atoms with E-state index in [1.165, 1.54) is 12.0 Å². The molecule has 6 heteroatoms. The van der Waals surface area contributed by atoms with Gasteiger partial charge in [0.2, 0.25) is 5.91 Å². The number of aryl methyl sites for hydroxylation is 1. The zero-order valence-electron chi connectivity index (χ0n) is 13.8. The Labute approximate surface area is 141 Å². The highest BCUT2D eigenvalue weighted by molar-refractivity contribution is 5.80. The average molecular weight is 326 g/mol. The van der Waals surface area contributed by atoms with Crippen molar-refractivity contribution in [1.82, 2.24) is 20.5 Å². The van der Waals surface area contributed by atoms with Gasteiger partial charge >= 0.3 is 0 Å². The zero-order chi connectivity index (χ0) is 16.5. The van der Waals surface area contributed by atoms with Gasteiger partial charge in [0, 0.05) is 12.1 Å². The standard InChI is InChI=1S/C18H22N4O2/c1-12-15(21-24-20-12)11-19-18(23)14-10-17(13-6-3-2-4-7-13)22-9-5-8-16(14)22/h2-4,6-7,14,16-17H,5,8-11H2,1H3,(H,19,23)/t14-,16+,17-/m1/s1. The number of nitrogens with zero attached hydrogens (tertiary/aromatic N) is 3. The van der Waals surface area contributed by atoms with Gasteiger partial charge in [0.15, 0.2) is 0 Å². The van der Waals surface area contributed by atoms with Gasteiger partial charge in [-0.3, -0.25) is 9.69 Å². The summed E-state index contributed by atoms with van der Waals surface area (Å²) in [5.41, 5.74) is 2.74. The van der Waals surface area contributed by atoms with Crippen LogP contribution in [0.3, 0.4) is 0 Å². The molecular weight excluding hydrogens is 304 g/mol. The van der Waals surface area contributed by atoms with Gasteiger partial charge in [-0.15, -0.1) is 0 Å². The summed E-state index contributed by atoms with van der Waals surface area (Å²) in [6.45, 7) is 3.30. The molecule has 126 valence electrons. The number of hydrogen-bond acceptors (Lipinski definition) is 5. The smallest absolute Gasteiger partial charge is 0.225 e. The average Bonchev–Trinajstić information content (AvgIpc) is 3.30. The van der Waals surface area contributed by atoms with Crippen molar-refractivity contribution >= 4 is 5.91 Å². The minimum atomic E-state index is 0.0397. The van der Waals surface area contributed by atoms with Crippen LogP contribution in [-0.4, -0.2) is 33.7 Å². The Morgan fingerprint density at radius 3 is 2.92 bits per heavy atom. The van der Waals surface area contributed by atoms with Crippen LogP contribution < -0.4 is 5.32 Å². The molecule has 3 atom stereocenters. The van der Waals surface area contributed by atoms with E-state index in [4.69, 9.17) is 0 Å². The summed E-state index contributed by atoms with van der Waals surface area (Å²) in [5, 5.41) is 10.6. The number of fused-ring (bicyclic) bond motifs is 1. The summed E-state index contributed by atoms with van der Waals surface area (Å²) >= 11 is 0. The van der Waals surface area contributed by atoms with Crippen molar-refractivity contribution in [2.75, 3.05) is 6.54 Å². The number of amides is 1. The third-order valence-electron chi connectivity index (χ3n) is 5.38. The second-order valence-electron chi connectivity index (χ2n) is 6.73. The highest BCUT2D eigenvalue weighted by Gasteiger charge is 2.46. The van der Waals surface area contributed by atoms with Gasteiger partial charge in [-0.2, -0.15) is 0 Å². The lowest BCUT2D eigenvalue weighted by Gasteiger charge is -2.24. The topological polar surface area (TPSA) is 71.3 Å². The van der Waals surface area contributed by atoms with Gasteiger partial charge in [-0.05, 0) is 38.3 Å². The van der Waals surface area contributed by atoms with Crippen LogP contribution in [0.1, 0.15) is 42.3 Å². The first-order valence-electron chi connectivity index (χ1n) is 8.60. The molecule has 2 saturated heterocycles. The fourth-order valence-corrected chi connectivity index (χ4v) is 4.16. The Morgan fingerprint density at radius 2 is 2.17 bits per heavy atom. The van der Waals surface area contributed by atoms with Gasteiger partial charge in [0.25, 0.3) is 0 Å². The van der Waals surface area contributed by atoms with Crippen LogP contribution in [0, 0.1) is 12.8 Å². The molecule has 1 aromatic heterocycles. The molecule has 0 bridgehead atoms. The monoisotopic (exact) mass is 326 g/mol. The summed E-state index contributed by atoms with van der Waals surface area (Å²) < 4.78 is 4.69. The first kappa shape index (κ1) is 15.3. The number of hydrogen-bond donors (Lipinski definition) is 1. The SMILES string of the molecule is Cc1nonc1CNC(=O)[C@@H]1C[C@H](c2ccccc2)N2CCC[C@@H]12. The first-order chi connectivity index (χ1) is 11.7. The summed E-state index contributed by atoms with van der Waals surface area (Å²) in [4.78, 5) is 15.3. The maximum Gasteiger partial charge on any atom is 0.225 e. The van der Waals surface area contributed by atoms with Crippen LogP contribution in [0.2, 0.25) is 0 Å². The minimum absolute atomic E-state index is 0.0397. The molecule has 0 radical (unpaired) electrons. The van der Waals surface area contributed by atoms with Crippen molar-refractivity contribution in [2.45, 2.75) is 44.8 Å². The van der Waals surface area contributed by atoms with E-state index in [9.17, 15) is 4.79 Å². The highest BCUT2D eigenvalue weighted by Crippen LogP contribution is 2.44. The molecular formula is C18H22N4O2. The van der Waals surface area contributed by atoms with Crippen LogP contribution in [0.25, 0.3) is 0 Å². The predicted molar refractivity (Wildman–Crippen MR) is 87.9 cm³/mol. The van der Waals surface area contributed by atoms with Gasteiger partial charge < -0.3 is 5.32 Å². The number of aromatic nitrogens is 2. The van der Waals surface area contributed by atoms with Gasteiger partial charge in [0.1, 0.15) is 11.4 Å². The fraction of sp³-hybridized carbons (Fsp3) is 0.500. The Bertz CT molecular complexity index is 715. The third-order valence-corrected chi connectivity index (χ3v) is 5.38. The Hall–Kier alpha value is -2.21. The molecule has 0 unspecified atom stereocenters. The summed E-state index contributed by atoms with van der Waals surface area (Å²) in [7, 11) is 0. The molecule has 1 aromatic carbocycles. The Balaban J connectivity index is 1.47. The van der Waals surface area contributed by atoms with Crippen molar-refractivity contribution in [1.29, 1.82) is 0 Å². The second-order valence-corrected chi connectivity index (χ2v) is 6.73. The maximum absolute atomic E-state index is 12.8. The lowest BCUT2D eigenvalue weighted by molar-refractivity contribution is -0.125. The molecule has 1 N–H and O–H groups in total. The Kier molecular flexibility index (Phi) is 4.06. The van der Waals surface area contributed by atoms with E-state index in [0.717, 1.165) is 25.1 Å². The molecule has 4 rings (SSSR count). The summed E-state index contributed by atoms with van der Waals surface area (Å²) in [6.07, 6.45) is 3.16. The molecule has 6 nitrogen and oxygen atoms in total. The van der Waals surface area contributed by atoms with E-state index >= 15 is 0 Å². The van der Waals surface area contributed by atoms with E-state index in [2.05, 4.69) is 49.4 Å². The quantitative estimate of drug-likeness (QED) is 0.933. The molecule has 2 aliphatic rings. The molecule has 2 aromatic rings. The van der Waals surface area contributed by atoms with Crippen LogP contribution in [0.15, 0.2) is 35.0 Å². The van der Waals surface area contributed by atoms with Crippen LogP contribution in [0.5, 0.6) is 0 Å². The molecule has 0 aliphatic carbocycles. The second kappa shape index (κ2) is 6.36. The van der Waals surface area contributed by atoms with Gasteiger partial charge in [0.05, 0.1) is 12.5 Å². The Morgan fingerprint density at radius 1 is 1.33 bits per heavy atom. The number of nitrogens with one attached hydrogen (secondary N) is 1. The normalized spacial score (nSPS) is 26.5. The molecule has 3 heterocycles. The predicted octanol–water partition coefficient (Wildman–Crippen LogP) is 2.22. The van der Waals surface area contributed by atoms with Crippen LogP contribution in [-0.2, 0) is 11.3 Å². The number of rotatable bonds is 4. The number of carbonyl (C=O) groups is 1.